The molecule has 212 valence electrons. The minimum Gasteiger partial charge on any atom is -0.373 e. The highest BCUT2D eigenvalue weighted by molar-refractivity contribution is 7.81. The van der Waals surface area contributed by atoms with Crippen molar-refractivity contribution in [3.8, 4) is 0 Å². The van der Waals surface area contributed by atoms with Crippen LogP contribution < -0.4 is 0 Å². The molecule has 5 heteroatoms. The van der Waals surface area contributed by atoms with Crippen LogP contribution in [-0.2, 0) is 13.3 Å². The van der Waals surface area contributed by atoms with Crippen LogP contribution in [0, 0.1) is 0 Å². The Morgan fingerprint density at radius 3 is 1.11 bits per heavy atom. The molecule has 0 bridgehead atoms. The maximum Gasteiger partial charge on any atom is 0.502 e. The number of unbranched alkanes of at least 4 members (excludes halogenated alkanes) is 15. The number of rotatable bonds is 28. The van der Waals surface area contributed by atoms with Crippen LogP contribution in [0.15, 0.2) is 0 Å². The molecule has 0 fully saturated rings. The van der Waals surface area contributed by atoms with Crippen molar-refractivity contribution in [2.24, 2.45) is 0 Å². The molecule has 0 rings (SSSR count). The number of hydrogen-bond acceptors (Lipinski definition) is 4. The molecule has 0 amide bonds. The molecule has 1 atom stereocenters. The van der Waals surface area contributed by atoms with Gasteiger partial charge in [-0.15, -0.1) is 0 Å². The van der Waals surface area contributed by atoms with Crippen molar-refractivity contribution in [1.29, 1.82) is 0 Å². The predicted molar refractivity (Wildman–Crippen MR) is 161 cm³/mol. The van der Waals surface area contributed by atoms with E-state index in [9.17, 15) is 0 Å². The maximum atomic E-state index is 6.65. The molecule has 0 aliphatic heterocycles. The molecule has 0 heterocycles. The highest BCUT2D eigenvalue weighted by Gasteiger charge is 2.46. The minimum atomic E-state index is -2.77. The zero-order valence-corrected chi connectivity index (χ0v) is 26.5. The summed E-state index contributed by atoms with van der Waals surface area (Å²) in [5.74, 6) is 0. The average Bonchev–Trinajstić information content (AvgIpc) is 2.82. The highest BCUT2D eigenvalue weighted by atomic mass is 32.1. The van der Waals surface area contributed by atoms with Crippen molar-refractivity contribution >= 4 is 21.4 Å². The van der Waals surface area contributed by atoms with Crippen LogP contribution in [0.2, 0.25) is 6.04 Å². The van der Waals surface area contributed by atoms with Crippen molar-refractivity contribution in [1.82, 2.24) is 0 Å². The van der Waals surface area contributed by atoms with Crippen LogP contribution >= 0.6 is 12.6 Å². The van der Waals surface area contributed by atoms with Crippen LogP contribution in [0.1, 0.15) is 163 Å². The van der Waals surface area contributed by atoms with E-state index in [2.05, 4.69) is 34.6 Å². The molecular formula is C30H64O3SSi. The zero-order chi connectivity index (χ0) is 26.1. The lowest BCUT2D eigenvalue weighted by Gasteiger charge is -2.36. The van der Waals surface area contributed by atoms with Gasteiger partial charge in [-0.3, -0.25) is 0 Å². The number of hydrogen-bond donors (Lipinski definition) is 1. The van der Waals surface area contributed by atoms with Crippen molar-refractivity contribution < 1.29 is 13.3 Å². The fourth-order valence-corrected chi connectivity index (χ4v) is 8.54. The third-order valence-electron chi connectivity index (χ3n) is 6.85. The molecule has 0 aromatic heterocycles. The first kappa shape index (κ1) is 35.4. The molecular weight excluding hydrogens is 468 g/mol. The smallest absolute Gasteiger partial charge is 0.373 e. The van der Waals surface area contributed by atoms with Gasteiger partial charge in [0.15, 0.2) is 0 Å². The van der Waals surface area contributed by atoms with Gasteiger partial charge in [0.05, 0.1) is 0 Å². The highest BCUT2D eigenvalue weighted by Crippen LogP contribution is 2.33. The van der Waals surface area contributed by atoms with Crippen LogP contribution in [0.4, 0.5) is 0 Å². The first-order chi connectivity index (χ1) is 16.9. The Morgan fingerprint density at radius 1 is 0.486 bits per heavy atom. The summed E-state index contributed by atoms with van der Waals surface area (Å²) >= 11 is 5.06. The Kier molecular flexibility index (Phi) is 25.1. The summed E-state index contributed by atoms with van der Waals surface area (Å²) in [6, 6.07) is 0.818. The Balaban J connectivity index is 4.97. The van der Waals surface area contributed by atoms with Gasteiger partial charge >= 0.3 is 8.80 Å². The van der Waals surface area contributed by atoms with E-state index in [0.29, 0.717) is 0 Å². The summed E-state index contributed by atoms with van der Waals surface area (Å²) in [4.78, 5) is 0. The minimum absolute atomic E-state index is 0.107. The summed E-state index contributed by atoms with van der Waals surface area (Å²) < 4.78 is 19.9. The van der Waals surface area contributed by atoms with E-state index in [-0.39, 0.29) is 4.75 Å². The summed E-state index contributed by atoms with van der Waals surface area (Å²) in [5, 5.41) is 0. The molecule has 35 heavy (non-hydrogen) atoms. The molecule has 0 radical (unpaired) electrons. The normalized spacial score (nSPS) is 13.9. The van der Waals surface area contributed by atoms with Gasteiger partial charge in [0.2, 0.25) is 0 Å². The van der Waals surface area contributed by atoms with Crippen LogP contribution in [0.5, 0.6) is 0 Å². The summed E-state index contributed by atoms with van der Waals surface area (Å²) in [6.45, 7) is 13.6. The van der Waals surface area contributed by atoms with E-state index < -0.39 is 8.80 Å². The van der Waals surface area contributed by atoms with Gasteiger partial charge in [-0.1, -0.05) is 137 Å². The molecule has 0 spiro atoms. The monoisotopic (exact) mass is 532 g/mol. The molecule has 1 unspecified atom stereocenters. The number of thiol groups is 1. The van der Waals surface area contributed by atoms with Gasteiger partial charge in [0.1, 0.15) is 0 Å². The van der Waals surface area contributed by atoms with Gasteiger partial charge in [0, 0.05) is 30.6 Å². The lowest BCUT2D eigenvalue weighted by Crippen LogP contribution is -2.50. The van der Waals surface area contributed by atoms with Crippen LogP contribution in [0.25, 0.3) is 0 Å². The Morgan fingerprint density at radius 2 is 0.800 bits per heavy atom. The lowest BCUT2D eigenvalue weighted by molar-refractivity contribution is 0.0529. The summed E-state index contributed by atoms with van der Waals surface area (Å²) in [5.41, 5.74) is 0. The molecule has 0 aromatic carbocycles. The molecule has 0 saturated carbocycles. The topological polar surface area (TPSA) is 27.7 Å². The van der Waals surface area contributed by atoms with Crippen LogP contribution in [-0.4, -0.2) is 33.4 Å². The second kappa shape index (κ2) is 24.8. The largest absolute Gasteiger partial charge is 0.502 e. The molecule has 0 saturated heterocycles. The summed E-state index contributed by atoms with van der Waals surface area (Å²) in [6.07, 6.45) is 25.1. The standard InChI is InChI=1S/C30H64O3SSi/c1-6-10-13-16-19-22-26-31-35(29-30(5,34)25-9-4,32-27-23-20-17-14-11-7-2)33-28-24-21-18-15-12-8-3/h34H,6-29H2,1-5H3. The fraction of sp³-hybridized carbons (Fsp3) is 1.00. The third kappa shape index (κ3) is 22.2. The molecule has 0 aliphatic carbocycles. The second-order valence-corrected chi connectivity index (χ2v) is 14.6. The van der Waals surface area contributed by atoms with Crippen molar-refractivity contribution in [2.75, 3.05) is 19.8 Å². The van der Waals surface area contributed by atoms with Gasteiger partial charge in [0.25, 0.3) is 0 Å². The van der Waals surface area contributed by atoms with Gasteiger partial charge in [-0.25, -0.2) is 0 Å². The van der Waals surface area contributed by atoms with E-state index in [1.807, 2.05) is 0 Å². The predicted octanol–water partition coefficient (Wildman–Crippen LogP) is 10.5. The fourth-order valence-electron chi connectivity index (χ4n) is 4.70. The molecule has 0 aliphatic rings. The quantitative estimate of drug-likeness (QED) is 0.0617. The first-order valence-corrected chi connectivity index (χ1v) is 18.0. The van der Waals surface area contributed by atoms with Gasteiger partial charge in [-0.05, 0) is 25.7 Å². The SMILES string of the molecule is CCCCCCCCO[Si](CC(C)(S)CCC)(OCCCCCCCC)OCCCCCCCC. The molecule has 0 N–H and O–H groups in total. The van der Waals surface area contributed by atoms with Gasteiger partial charge in [-0.2, -0.15) is 12.6 Å². The first-order valence-electron chi connectivity index (χ1n) is 15.6. The van der Waals surface area contributed by atoms with Crippen molar-refractivity contribution in [3.05, 3.63) is 0 Å². The molecule has 3 nitrogen and oxygen atoms in total. The van der Waals surface area contributed by atoms with E-state index >= 15 is 0 Å². The Hall–Kier alpha value is 0.447. The van der Waals surface area contributed by atoms with E-state index in [4.69, 9.17) is 25.9 Å². The summed E-state index contributed by atoms with van der Waals surface area (Å²) in [7, 11) is -2.77. The zero-order valence-electron chi connectivity index (χ0n) is 24.6. The Labute approximate surface area is 228 Å². The third-order valence-corrected chi connectivity index (χ3v) is 10.7. The average molecular weight is 533 g/mol. The van der Waals surface area contributed by atoms with Crippen molar-refractivity contribution in [2.45, 2.75) is 174 Å². The maximum absolute atomic E-state index is 6.65. The van der Waals surface area contributed by atoms with E-state index in [1.54, 1.807) is 0 Å². The van der Waals surface area contributed by atoms with Crippen LogP contribution in [0.3, 0.4) is 0 Å². The molecule has 0 aromatic rings. The van der Waals surface area contributed by atoms with Crippen molar-refractivity contribution in [3.63, 3.8) is 0 Å². The lowest BCUT2D eigenvalue weighted by atomic mass is 10.1. The Bertz CT molecular complexity index is 388. The van der Waals surface area contributed by atoms with Gasteiger partial charge < -0.3 is 13.3 Å². The van der Waals surface area contributed by atoms with E-state index in [1.165, 1.54) is 96.3 Å². The van der Waals surface area contributed by atoms with E-state index in [0.717, 1.165) is 58.0 Å². The second-order valence-electron chi connectivity index (χ2n) is 11.0.